The predicted octanol–water partition coefficient (Wildman–Crippen LogP) is 5.34. The van der Waals surface area contributed by atoms with Crippen molar-refractivity contribution in [2.45, 2.75) is 44.3 Å². The molecule has 2 aromatic rings. The Morgan fingerprint density at radius 2 is 2.04 bits per heavy atom. The van der Waals surface area contributed by atoms with Gasteiger partial charge in [-0.1, -0.05) is 54.6 Å². The Bertz CT molecular complexity index is 893. The Morgan fingerprint density at radius 1 is 1.26 bits per heavy atom. The molecule has 5 heteroatoms. The Hall–Kier alpha value is -2.56. The van der Waals surface area contributed by atoms with Crippen LogP contribution in [0.25, 0.3) is 6.08 Å². The summed E-state index contributed by atoms with van der Waals surface area (Å²) in [5.41, 5.74) is 1.58. The summed E-state index contributed by atoms with van der Waals surface area (Å²) in [5.74, 6) is -1.25. The Balaban J connectivity index is 1.63. The smallest absolute Gasteiger partial charge is 0.353 e. The summed E-state index contributed by atoms with van der Waals surface area (Å²) in [6.45, 7) is 1.80. The summed E-state index contributed by atoms with van der Waals surface area (Å²) in [6.07, 6.45) is 0.277. The molecular weight excluding hydrogens is 351 g/mol. The molecule has 0 aromatic heterocycles. The molecule has 3 rings (SSSR count). The molecule has 0 aliphatic heterocycles. The lowest BCUT2D eigenvalue weighted by Gasteiger charge is -2.28. The van der Waals surface area contributed by atoms with E-state index in [1.807, 2.05) is 36.4 Å². The van der Waals surface area contributed by atoms with Gasteiger partial charge in [-0.05, 0) is 42.5 Å². The van der Waals surface area contributed by atoms with Gasteiger partial charge in [-0.2, -0.15) is 13.2 Å². The molecule has 0 fully saturated rings. The maximum absolute atomic E-state index is 12.8. The van der Waals surface area contributed by atoms with Crippen molar-refractivity contribution in [2.75, 3.05) is 0 Å². The van der Waals surface area contributed by atoms with Crippen LogP contribution in [0.2, 0.25) is 0 Å². The van der Waals surface area contributed by atoms with E-state index >= 15 is 0 Å². The number of hydrogen-bond donors (Lipinski definition) is 1. The molecule has 1 aliphatic carbocycles. The molecule has 142 valence electrons. The molecule has 1 unspecified atom stereocenters. The van der Waals surface area contributed by atoms with Crippen LogP contribution >= 0.6 is 0 Å². The number of benzene rings is 2. The van der Waals surface area contributed by atoms with Crippen molar-refractivity contribution in [2.24, 2.45) is 0 Å². The van der Waals surface area contributed by atoms with Gasteiger partial charge in [-0.15, -0.1) is 0 Å². The number of rotatable bonds is 5. The third-order valence-corrected chi connectivity index (χ3v) is 4.74. The number of allylic oxidation sites excluding steroid dienone is 1. The molecule has 1 N–H and O–H groups in total. The third-order valence-electron chi connectivity index (χ3n) is 4.74. The van der Waals surface area contributed by atoms with E-state index in [0.717, 1.165) is 23.3 Å². The molecular formula is C22H22F3NO. The molecule has 1 aliphatic rings. The van der Waals surface area contributed by atoms with Crippen LogP contribution in [0.15, 0.2) is 54.6 Å². The van der Waals surface area contributed by atoms with E-state index in [-0.39, 0.29) is 18.7 Å². The van der Waals surface area contributed by atoms with Crippen molar-refractivity contribution >= 4 is 12.0 Å². The molecule has 0 saturated carbocycles. The first-order valence-electron chi connectivity index (χ1n) is 9.42. The van der Waals surface area contributed by atoms with E-state index in [1.165, 1.54) is 6.07 Å². The van der Waals surface area contributed by atoms with Crippen LogP contribution in [0.1, 0.15) is 49.3 Å². The second-order valence-corrected chi connectivity index (χ2v) is 6.71. The molecule has 1 amide bonds. The van der Waals surface area contributed by atoms with Gasteiger partial charge >= 0.3 is 6.18 Å². The van der Waals surface area contributed by atoms with Crippen LogP contribution in [-0.2, 0) is 17.4 Å². The zero-order valence-electron chi connectivity index (χ0n) is 16.0. The van der Waals surface area contributed by atoms with E-state index in [4.69, 9.17) is 1.37 Å². The third kappa shape index (κ3) is 4.79. The SMILES string of the molecule is [2H]C1([C@@H](C)NC(=O)CCc2cccc(C(F)(F)F)c2)CC=Cc2ccccc21. The number of nitrogens with one attached hydrogen (secondary N) is 1. The number of carbonyl (C=O) groups is 1. The Kier molecular flexibility index (Phi) is 5.28. The van der Waals surface area contributed by atoms with Gasteiger partial charge in [0.2, 0.25) is 5.91 Å². The van der Waals surface area contributed by atoms with E-state index in [0.29, 0.717) is 12.0 Å². The van der Waals surface area contributed by atoms with E-state index < -0.39 is 23.7 Å². The van der Waals surface area contributed by atoms with Crippen LogP contribution in [0.3, 0.4) is 0 Å². The van der Waals surface area contributed by atoms with Gasteiger partial charge in [-0.25, -0.2) is 0 Å². The number of hydrogen-bond acceptors (Lipinski definition) is 1. The van der Waals surface area contributed by atoms with Gasteiger partial charge < -0.3 is 5.32 Å². The highest BCUT2D eigenvalue weighted by atomic mass is 19.4. The lowest BCUT2D eigenvalue weighted by molar-refractivity contribution is -0.137. The minimum Gasteiger partial charge on any atom is -0.353 e. The number of halogens is 3. The number of fused-ring (bicyclic) bond motifs is 1. The van der Waals surface area contributed by atoms with Crippen molar-refractivity contribution in [3.8, 4) is 0 Å². The Labute approximate surface area is 158 Å². The summed E-state index contributed by atoms with van der Waals surface area (Å²) < 4.78 is 47.3. The minimum atomic E-state index is -4.40. The number of alkyl halides is 3. The zero-order valence-corrected chi connectivity index (χ0v) is 15.0. The molecule has 2 atom stereocenters. The summed E-state index contributed by atoms with van der Waals surface area (Å²) in [4.78, 5) is 12.4. The van der Waals surface area contributed by atoms with Crippen LogP contribution in [-0.4, -0.2) is 11.9 Å². The fraction of sp³-hybridized carbons (Fsp3) is 0.318. The first kappa shape index (κ1) is 17.8. The van der Waals surface area contributed by atoms with E-state index in [9.17, 15) is 18.0 Å². The summed E-state index contributed by atoms with van der Waals surface area (Å²) in [7, 11) is 0. The van der Waals surface area contributed by atoms with Crippen molar-refractivity contribution in [1.29, 1.82) is 0 Å². The van der Waals surface area contributed by atoms with Gasteiger partial charge in [0.05, 0.1) is 5.56 Å². The molecule has 0 saturated heterocycles. The minimum absolute atomic E-state index is 0.0687. The average Bonchev–Trinajstić information content (AvgIpc) is 2.66. The second-order valence-electron chi connectivity index (χ2n) is 6.71. The van der Waals surface area contributed by atoms with Crippen molar-refractivity contribution in [1.82, 2.24) is 5.32 Å². The summed E-state index contributed by atoms with van der Waals surface area (Å²) in [6, 6.07) is 12.2. The van der Waals surface area contributed by atoms with Crippen molar-refractivity contribution in [3.63, 3.8) is 0 Å². The molecule has 2 nitrogen and oxygen atoms in total. The second kappa shape index (κ2) is 7.99. The van der Waals surface area contributed by atoms with Crippen LogP contribution < -0.4 is 5.32 Å². The quantitative estimate of drug-likeness (QED) is 0.752. The van der Waals surface area contributed by atoms with Crippen LogP contribution in [0, 0.1) is 0 Å². The normalized spacial score (nSPS) is 20.5. The van der Waals surface area contributed by atoms with E-state index in [1.54, 1.807) is 13.0 Å². The zero-order chi connectivity index (χ0) is 20.4. The predicted molar refractivity (Wildman–Crippen MR) is 100 cm³/mol. The highest BCUT2D eigenvalue weighted by Gasteiger charge is 2.30. The molecule has 0 bridgehead atoms. The lowest BCUT2D eigenvalue weighted by Crippen LogP contribution is -2.37. The van der Waals surface area contributed by atoms with Gasteiger partial charge in [0.15, 0.2) is 0 Å². The lowest BCUT2D eigenvalue weighted by atomic mass is 9.83. The average molecular weight is 374 g/mol. The number of aryl methyl sites for hydroxylation is 1. The molecule has 2 aromatic carbocycles. The highest BCUT2D eigenvalue weighted by Crippen LogP contribution is 2.32. The van der Waals surface area contributed by atoms with E-state index in [2.05, 4.69) is 5.32 Å². The summed E-state index contributed by atoms with van der Waals surface area (Å²) >= 11 is 0. The largest absolute Gasteiger partial charge is 0.416 e. The van der Waals surface area contributed by atoms with Crippen molar-refractivity contribution in [3.05, 3.63) is 76.9 Å². The first-order valence-corrected chi connectivity index (χ1v) is 8.92. The first-order chi connectivity index (χ1) is 13.2. The fourth-order valence-electron chi connectivity index (χ4n) is 3.33. The molecule has 27 heavy (non-hydrogen) atoms. The standard InChI is InChI=1S/C22H22F3NO/c1-15(19-11-5-8-17-7-2-3-10-20(17)19)26-21(27)13-12-16-6-4-9-18(14-16)22(23,24)25/h2-10,14-15,19H,11-13H2,1H3,(H,26,27)/t15-,19?/m1/s1/i19D. The summed E-state index contributed by atoms with van der Waals surface area (Å²) in [5, 5.41) is 2.86. The van der Waals surface area contributed by atoms with Crippen LogP contribution in [0.5, 0.6) is 0 Å². The fourth-order valence-corrected chi connectivity index (χ4v) is 3.33. The molecule has 0 heterocycles. The van der Waals surface area contributed by atoms with Crippen LogP contribution in [0.4, 0.5) is 13.2 Å². The highest BCUT2D eigenvalue weighted by molar-refractivity contribution is 5.76. The Morgan fingerprint density at radius 3 is 2.81 bits per heavy atom. The molecule has 0 radical (unpaired) electrons. The maximum atomic E-state index is 12.8. The molecule has 0 spiro atoms. The van der Waals surface area contributed by atoms with Gasteiger partial charge in [0, 0.05) is 19.7 Å². The monoisotopic (exact) mass is 374 g/mol. The van der Waals surface area contributed by atoms with Gasteiger partial charge in [0.25, 0.3) is 0 Å². The number of amides is 1. The maximum Gasteiger partial charge on any atom is 0.416 e. The van der Waals surface area contributed by atoms with Gasteiger partial charge in [-0.3, -0.25) is 4.79 Å². The van der Waals surface area contributed by atoms with Crippen molar-refractivity contribution < 1.29 is 19.3 Å². The van der Waals surface area contributed by atoms with Gasteiger partial charge in [0.1, 0.15) is 0 Å². The number of carbonyl (C=O) groups excluding carboxylic acids is 1. The topological polar surface area (TPSA) is 29.1 Å².